The van der Waals surface area contributed by atoms with Crippen molar-refractivity contribution >= 4 is 37.3 Å². The summed E-state index contributed by atoms with van der Waals surface area (Å²) in [6.07, 6.45) is 1.63. The summed E-state index contributed by atoms with van der Waals surface area (Å²) in [6, 6.07) is 2.88. The van der Waals surface area contributed by atoms with E-state index in [4.69, 9.17) is 4.42 Å². The lowest BCUT2D eigenvalue weighted by Crippen LogP contribution is -2.30. The normalized spacial score (nSPS) is 20.6. The summed E-state index contributed by atoms with van der Waals surface area (Å²) in [5.74, 6) is 0. The van der Waals surface area contributed by atoms with Crippen LogP contribution in [0, 0.1) is 6.92 Å². The van der Waals surface area contributed by atoms with Gasteiger partial charge in [-0.25, -0.2) is 13.4 Å². The largest absolute Gasteiger partial charge is 0.437 e. The molecule has 2 aromatic rings. The zero-order valence-corrected chi connectivity index (χ0v) is 14.0. The van der Waals surface area contributed by atoms with Gasteiger partial charge in [0, 0.05) is 11.9 Å². The molecule has 0 saturated carbocycles. The Morgan fingerprint density at radius 1 is 1.50 bits per heavy atom. The Kier molecular flexibility index (Phi) is 3.74. The van der Waals surface area contributed by atoms with Crippen LogP contribution in [0.4, 0.5) is 0 Å². The molecule has 3 heterocycles. The number of hydrogen-bond donors (Lipinski definition) is 0. The Morgan fingerprint density at radius 3 is 2.90 bits per heavy atom. The van der Waals surface area contributed by atoms with E-state index in [1.807, 2.05) is 12.3 Å². The van der Waals surface area contributed by atoms with Crippen LogP contribution in [-0.2, 0) is 10.0 Å². The van der Waals surface area contributed by atoms with Gasteiger partial charge in [-0.1, -0.05) is 0 Å². The summed E-state index contributed by atoms with van der Waals surface area (Å²) in [5, 5.41) is 2.86. The smallest absolute Gasteiger partial charge is 0.277 e. The van der Waals surface area contributed by atoms with Crippen molar-refractivity contribution in [3.63, 3.8) is 0 Å². The van der Waals surface area contributed by atoms with Gasteiger partial charge < -0.3 is 4.42 Å². The molecule has 5 nitrogen and oxygen atoms in total. The van der Waals surface area contributed by atoms with Crippen LogP contribution < -0.4 is 0 Å². The molecule has 1 aliphatic heterocycles. The first kappa shape index (κ1) is 14.2. The number of aromatic nitrogens is 1. The van der Waals surface area contributed by atoms with E-state index in [2.05, 4.69) is 20.9 Å². The molecule has 0 N–H and O–H groups in total. The minimum absolute atomic E-state index is 0.0248. The first-order valence-corrected chi connectivity index (χ1v) is 9.29. The molecule has 0 radical (unpaired) electrons. The van der Waals surface area contributed by atoms with Gasteiger partial charge in [-0.05, 0) is 47.8 Å². The van der Waals surface area contributed by atoms with Gasteiger partial charge in [0.2, 0.25) is 5.09 Å². The Labute approximate surface area is 129 Å². The molecule has 2 aromatic heterocycles. The van der Waals surface area contributed by atoms with Gasteiger partial charge in [0.1, 0.15) is 0 Å². The van der Waals surface area contributed by atoms with Gasteiger partial charge in [-0.2, -0.15) is 4.31 Å². The van der Waals surface area contributed by atoms with E-state index in [1.165, 1.54) is 10.4 Å². The first-order chi connectivity index (χ1) is 9.48. The molecular weight excluding hydrogens is 364 g/mol. The molecule has 8 heteroatoms. The number of furan rings is 1. The first-order valence-electron chi connectivity index (χ1n) is 6.18. The second kappa shape index (κ2) is 5.25. The lowest BCUT2D eigenvalue weighted by molar-refractivity contribution is 0.360. The van der Waals surface area contributed by atoms with E-state index in [-0.39, 0.29) is 11.1 Å². The average molecular weight is 377 g/mol. The van der Waals surface area contributed by atoms with E-state index >= 15 is 0 Å². The Balaban J connectivity index is 1.96. The van der Waals surface area contributed by atoms with Gasteiger partial charge in [0.15, 0.2) is 4.67 Å². The topological polar surface area (TPSA) is 63.4 Å². The zero-order chi connectivity index (χ0) is 14.3. The minimum atomic E-state index is -3.60. The fourth-order valence-corrected chi connectivity index (χ4v) is 5.07. The third kappa shape index (κ3) is 2.45. The van der Waals surface area contributed by atoms with Crippen LogP contribution in [0.1, 0.15) is 29.6 Å². The van der Waals surface area contributed by atoms with Crippen molar-refractivity contribution in [1.29, 1.82) is 0 Å². The van der Waals surface area contributed by atoms with Crippen molar-refractivity contribution in [3.05, 3.63) is 32.9 Å². The van der Waals surface area contributed by atoms with Crippen molar-refractivity contribution in [3.8, 4) is 0 Å². The minimum Gasteiger partial charge on any atom is -0.437 e. The molecular formula is C12H13BrN2O3S2. The summed E-state index contributed by atoms with van der Waals surface area (Å²) in [5.41, 5.74) is 0.833. The number of halogens is 1. The third-order valence-electron chi connectivity index (χ3n) is 3.29. The summed E-state index contributed by atoms with van der Waals surface area (Å²) in [7, 11) is -3.60. The number of sulfonamides is 1. The third-order valence-corrected chi connectivity index (χ3v) is 6.29. The highest BCUT2D eigenvalue weighted by Crippen LogP contribution is 2.37. The SMILES string of the molecule is Cc1nc(C2CCCN2S(=O)(=O)c2ccc(Br)o2)cs1. The Hall–Kier alpha value is -0.700. The highest BCUT2D eigenvalue weighted by molar-refractivity contribution is 9.10. The van der Waals surface area contributed by atoms with Crippen LogP contribution >= 0.6 is 27.3 Å². The predicted molar refractivity (Wildman–Crippen MR) is 79.1 cm³/mol. The molecule has 1 atom stereocenters. The van der Waals surface area contributed by atoms with Crippen LogP contribution in [0.25, 0.3) is 0 Å². The monoisotopic (exact) mass is 376 g/mol. The molecule has 0 spiro atoms. The summed E-state index contributed by atoms with van der Waals surface area (Å²) >= 11 is 4.68. The second-order valence-electron chi connectivity index (χ2n) is 4.62. The van der Waals surface area contributed by atoms with Crippen LogP contribution in [-0.4, -0.2) is 24.3 Å². The van der Waals surface area contributed by atoms with Crippen LogP contribution in [0.3, 0.4) is 0 Å². The number of thiazole rings is 1. The maximum Gasteiger partial charge on any atom is 0.277 e. The van der Waals surface area contributed by atoms with E-state index in [0.717, 1.165) is 23.5 Å². The van der Waals surface area contributed by atoms with Gasteiger partial charge in [-0.15, -0.1) is 11.3 Å². The van der Waals surface area contributed by atoms with Gasteiger partial charge in [0.25, 0.3) is 10.0 Å². The van der Waals surface area contributed by atoms with Crippen molar-refractivity contribution in [2.75, 3.05) is 6.54 Å². The fourth-order valence-electron chi connectivity index (χ4n) is 2.41. The van der Waals surface area contributed by atoms with Gasteiger partial charge in [0.05, 0.1) is 16.7 Å². The maximum atomic E-state index is 12.6. The highest BCUT2D eigenvalue weighted by Gasteiger charge is 2.38. The van der Waals surface area contributed by atoms with E-state index in [1.54, 1.807) is 17.4 Å². The molecule has 20 heavy (non-hydrogen) atoms. The zero-order valence-electron chi connectivity index (χ0n) is 10.7. The molecule has 0 aliphatic carbocycles. The summed E-state index contributed by atoms with van der Waals surface area (Å²) < 4.78 is 32.4. The van der Waals surface area contributed by atoms with Gasteiger partial charge in [-0.3, -0.25) is 0 Å². The Bertz CT molecular complexity index is 723. The van der Waals surface area contributed by atoms with Crippen LogP contribution in [0.2, 0.25) is 0 Å². The molecule has 0 bridgehead atoms. The summed E-state index contributed by atoms with van der Waals surface area (Å²) in [4.78, 5) is 4.43. The molecule has 3 rings (SSSR count). The van der Waals surface area contributed by atoms with E-state index < -0.39 is 10.0 Å². The van der Waals surface area contributed by atoms with Crippen molar-refractivity contribution < 1.29 is 12.8 Å². The molecule has 0 amide bonds. The number of nitrogens with zero attached hydrogens (tertiary/aromatic N) is 2. The fraction of sp³-hybridized carbons (Fsp3) is 0.417. The van der Waals surface area contributed by atoms with Crippen molar-refractivity contribution in [2.24, 2.45) is 0 Å². The maximum absolute atomic E-state index is 12.6. The molecule has 1 unspecified atom stereocenters. The summed E-state index contributed by atoms with van der Waals surface area (Å²) in [6.45, 7) is 2.42. The molecule has 0 aromatic carbocycles. The van der Waals surface area contributed by atoms with E-state index in [0.29, 0.717) is 11.2 Å². The number of aryl methyl sites for hydroxylation is 1. The molecule has 1 aliphatic rings. The quantitative estimate of drug-likeness (QED) is 0.823. The van der Waals surface area contributed by atoms with Crippen LogP contribution in [0.15, 0.2) is 31.7 Å². The molecule has 1 saturated heterocycles. The lowest BCUT2D eigenvalue weighted by atomic mass is 10.2. The highest BCUT2D eigenvalue weighted by atomic mass is 79.9. The number of rotatable bonds is 3. The standard InChI is InChI=1S/C12H13BrN2O3S2/c1-8-14-9(7-19-8)10-3-2-6-15(10)20(16,17)12-5-4-11(13)18-12/h4-5,7,10H,2-3,6H2,1H3. The van der Waals surface area contributed by atoms with Crippen molar-refractivity contribution in [2.45, 2.75) is 30.9 Å². The molecule has 1 fully saturated rings. The molecule has 108 valence electrons. The number of hydrogen-bond acceptors (Lipinski definition) is 5. The predicted octanol–water partition coefficient (Wildman–Crippen LogP) is 3.33. The Morgan fingerprint density at radius 2 is 2.30 bits per heavy atom. The second-order valence-corrected chi connectivity index (χ2v) is 8.29. The van der Waals surface area contributed by atoms with E-state index in [9.17, 15) is 8.42 Å². The average Bonchev–Trinajstić information content (AvgIpc) is 3.07. The lowest BCUT2D eigenvalue weighted by Gasteiger charge is -2.21. The van der Waals surface area contributed by atoms with Gasteiger partial charge >= 0.3 is 0 Å². The van der Waals surface area contributed by atoms with Crippen molar-refractivity contribution in [1.82, 2.24) is 9.29 Å². The van der Waals surface area contributed by atoms with Crippen LogP contribution in [0.5, 0.6) is 0 Å².